The summed E-state index contributed by atoms with van der Waals surface area (Å²) in [5.74, 6) is -0.0923. The molecule has 0 aliphatic heterocycles. The van der Waals surface area contributed by atoms with E-state index in [2.05, 4.69) is 19.1 Å². The minimum Gasteiger partial charge on any atom is -0.294 e. The highest BCUT2D eigenvalue weighted by atomic mass is 19.1. The van der Waals surface area contributed by atoms with Crippen molar-refractivity contribution in [3.05, 3.63) is 82.9 Å². The Kier molecular flexibility index (Phi) is 4.88. The zero-order chi connectivity index (χ0) is 18.8. The number of hydrogen-bond donors (Lipinski definition) is 0. The van der Waals surface area contributed by atoms with Crippen LogP contribution in [0.4, 0.5) is 4.39 Å². The number of aromatic nitrogens is 2. The SMILES string of the molecule is CCCCc1nn(-c2ccccc2F)c2c1C(=O)CC(c1ccccc1)C2. The lowest BCUT2D eigenvalue weighted by molar-refractivity contribution is 0.0962. The Morgan fingerprint density at radius 2 is 1.81 bits per heavy atom. The molecule has 1 unspecified atom stereocenters. The minimum absolute atomic E-state index is 0.104. The van der Waals surface area contributed by atoms with Gasteiger partial charge in [0.05, 0.1) is 17.0 Å². The maximum absolute atomic E-state index is 14.5. The molecule has 0 amide bonds. The minimum atomic E-state index is -0.320. The van der Waals surface area contributed by atoms with Gasteiger partial charge in [0, 0.05) is 6.42 Å². The number of para-hydroxylation sites is 1. The fraction of sp³-hybridized carbons (Fsp3) is 0.304. The number of halogens is 1. The van der Waals surface area contributed by atoms with Crippen molar-refractivity contribution in [2.45, 2.75) is 44.9 Å². The molecule has 3 nitrogen and oxygen atoms in total. The van der Waals surface area contributed by atoms with E-state index in [1.807, 2.05) is 18.2 Å². The molecule has 0 bridgehead atoms. The van der Waals surface area contributed by atoms with E-state index in [9.17, 15) is 9.18 Å². The average molecular weight is 362 g/mol. The summed E-state index contributed by atoms with van der Waals surface area (Å²) in [5, 5.41) is 4.69. The van der Waals surface area contributed by atoms with Crippen molar-refractivity contribution < 1.29 is 9.18 Å². The van der Waals surface area contributed by atoms with Crippen LogP contribution in [0, 0.1) is 5.82 Å². The fourth-order valence-electron chi connectivity index (χ4n) is 3.95. The standard InChI is InChI=1S/C23H23FN2O/c1-2-3-12-19-23-21(26(25-19)20-13-8-7-11-18(20)24)14-17(15-22(23)27)16-9-5-4-6-10-16/h4-11,13,17H,2-3,12,14-15H2,1H3. The summed E-state index contributed by atoms with van der Waals surface area (Å²) in [5.41, 5.74) is 3.94. The molecule has 3 aromatic rings. The number of rotatable bonds is 5. The number of hydrogen-bond acceptors (Lipinski definition) is 2. The Balaban J connectivity index is 1.82. The lowest BCUT2D eigenvalue weighted by Gasteiger charge is -2.23. The summed E-state index contributed by atoms with van der Waals surface area (Å²) in [7, 11) is 0. The summed E-state index contributed by atoms with van der Waals surface area (Å²) < 4.78 is 16.1. The maximum atomic E-state index is 14.5. The van der Waals surface area contributed by atoms with Crippen LogP contribution in [0.3, 0.4) is 0 Å². The summed E-state index contributed by atoms with van der Waals surface area (Å²) in [6.45, 7) is 2.12. The molecule has 0 spiro atoms. The van der Waals surface area contributed by atoms with Gasteiger partial charge in [-0.1, -0.05) is 55.8 Å². The van der Waals surface area contributed by atoms with Crippen LogP contribution in [0.25, 0.3) is 5.69 Å². The van der Waals surface area contributed by atoms with Crippen LogP contribution in [0.15, 0.2) is 54.6 Å². The molecule has 2 aromatic carbocycles. The van der Waals surface area contributed by atoms with Gasteiger partial charge in [0.25, 0.3) is 0 Å². The Bertz CT molecular complexity index is 962. The molecule has 0 saturated heterocycles. The normalized spacial score (nSPS) is 16.4. The van der Waals surface area contributed by atoms with Gasteiger partial charge >= 0.3 is 0 Å². The van der Waals surface area contributed by atoms with Crippen LogP contribution < -0.4 is 0 Å². The van der Waals surface area contributed by atoms with Gasteiger partial charge in [-0.05, 0) is 42.9 Å². The summed E-state index contributed by atoms with van der Waals surface area (Å²) >= 11 is 0. The average Bonchev–Trinajstić information content (AvgIpc) is 3.06. The third-order valence-corrected chi connectivity index (χ3v) is 5.32. The monoisotopic (exact) mass is 362 g/mol. The number of fused-ring (bicyclic) bond motifs is 1. The van der Waals surface area contributed by atoms with Gasteiger partial charge in [-0.2, -0.15) is 5.10 Å². The number of carbonyl (C=O) groups is 1. The molecule has 1 atom stereocenters. The fourth-order valence-corrected chi connectivity index (χ4v) is 3.95. The molecule has 0 radical (unpaired) electrons. The number of ketones is 1. The molecule has 1 heterocycles. The van der Waals surface area contributed by atoms with Gasteiger partial charge in [0.2, 0.25) is 0 Å². The van der Waals surface area contributed by atoms with E-state index in [0.717, 1.165) is 41.8 Å². The van der Waals surface area contributed by atoms with E-state index >= 15 is 0 Å². The molecule has 138 valence electrons. The molecule has 0 fully saturated rings. The highest BCUT2D eigenvalue weighted by Gasteiger charge is 2.33. The Labute approximate surface area is 158 Å². The largest absolute Gasteiger partial charge is 0.294 e. The van der Waals surface area contributed by atoms with Gasteiger partial charge in [-0.15, -0.1) is 0 Å². The number of Topliss-reactive ketones (excluding diaryl/α,β-unsaturated/α-hetero) is 1. The van der Waals surface area contributed by atoms with E-state index in [-0.39, 0.29) is 17.5 Å². The number of nitrogens with zero attached hydrogens (tertiary/aromatic N) is 2. The van der Waals surface area contributed by atoms with E-state index in [1.54, 1.807) is 22.9 Å². The van der Waals surface area contributed by atoms with Gasteiger partial charge in [0.1, 0.15) is 11.5 Å². The number of carbonyl (C=O) groups excluding carboxylic acids is 1. The first kappa shape index (κ1) is 17.7. The lowest BCUT2D eigenvalue weighted by Crippen LogP contribution is -2.21. The molecule has 0 N–H and O–H groups in total. The third kappa shape index (κ3) is 3.32. The Morgan fingerprint density at radius 1 is 1.07 bits per heavy atom. The topological polar surface area (TPSA) is 34.9 Å². The van der Waals surface area contributed by atoms with Crippen LogP contribution in [0.5, 0.6) is 0 Å². The molecule has 1 aromatic heterocycles. The molecule has 27 heavy (non-hydrogen) atoms. The zero-order valence-electron chi connectivity index (χ0n) is 15.5. The van der Waals surface area contributed by atoms with Crippen LogP contribution >= 0.6 is 0 Å². The highest BCUT2D eigenvalue weighted by Crippen LogP contribution is 2.36. The summed E-state index contributed by atoms with van der Waals surface area (Å²) in [6, 6.07) is 16.7. The first-order chi connectivity index (χ1) is 13.2. The first-order valence-electron chi connectivity index (χ1n) is 9.62. The predicted molar refractivity (Wildman–Crippen MR) is 104 cm³/mol. The summed E-state index contributed by atoms with van der Waals surface area (Å²) in [4.78, 5) is 13.0. The molecule has 1 aliphatic carbocycles. The van der Waals surface area contributed by atoms with E-state index < -0.39 is 0 Å². The number of unbranched alkanes of at least 4 members (excludes halogenated alkanes) is 1. The van der Waals surface area contributed by atoms with Crippen molar-refractivity contribution in [1.82, 2.24) is 9.78 Å². The van der Waals surface area contributed by atoms with Crippen LogP contribution in [0.1, 0.15) is 59.4 Å². The predicted octanol–water partition coefficient (Wildman–Crippen LogP) is 5.27. The van der Waals surface area contributed by atoms with Gasteiger partial charge in [-0.3, -0.25) is 4.79 Å². The maximum Gasteiger partial charge on any atom is 0.167 e. The molecule has 4 heteroatoms. The first-order valence-corrected chi connectivity index (χ1v) is 9.62. The molecule has 0 saturated carbocycles. The van der Waals surface area contributed by atoms with Crippen LogP contribution in [-0.2, 0) is 12.8 Å². The number of benzene rings is 2. The number of aryl methyl sites for hydroxylation is 1. The molecule has 4 rings (SSSR count). The van der Waals surface area contributed by atoms with Crippen molar-refractivity contribution in [1.29, 1.82) is 0 Å². The summed E-state index contributed by atoms with van der Waals surface area (Å²) in [6.07, 6.45) is 3.93. The second-order valence-electron chi connectivity index (χ2n) is 7.17. The van der Waals surface area contributed by atoms with Gasteiger partial charge in [-0.25, -0.2) is 9.07 Å². The molecular weight excluding hydrogens is 339 g/mol. The molecule has 1 aliphatic rings. The van der Waals surface area contributed by atoms with E-state index in [1.165, 1.54) is 6.07 Å². The van der Waals surface area contributed by atoms with Crippen LogP contribution in [-0.4, -0.2) is 15.6 Å². The second-order valence-corrected chi connectivity index (χ2v) is 7.17. The van der Waals surface area contributed by atoms with E-state index in [4.69, 9.17) is 5.10 Å². The van der Waals surface area contributed by atoms with E-state index in [0.29, 0.717) is 18.5 Å². The quantitative estimate of drug-likeness (QED) is 0.620. The molecular formula is C23H23FN2O. The Morgan fingerprint density at radius 3 is 2.56 bits per heavy atom. The van der Waals surface area contributed by atoms with Gasteiger partial charge in [0.15, 0.2) is 5.78 Å². The third-order valence-electron chi connectivity index (χ3n) is 5.32. The van der Waals surface area contributed by atoms with Crippen molar-refractivity contribution >= 4 is 5.78 Å². The smallest absolute Gasteiger partial charge is 0.167 e. The highest BCUT2D eigenvalue weighted by molar-refractivity contribution is 6.00. The Hall–Kier alpha value is -2.75. The van der Waals surface area contributed by atoms with Crippen molar-refractivity contribution in [3.63, 3.8) is 0 Å². The zero-order valence-corrected chi connectivity index (χ0v) is 15.5. The lowest BCUT2D eigenvalue weighted by atomic mass is 9.81. The van der Waals surface area contributed by atoms with Gasteiger partial charge < -0.3 is 0 Å². The van der Waals surface area contributed by atoms with Crippen LogP contribution in [0.2, 0.25) is 0 Å². The van der Waals surface area contributed by atoms with Crippen molar-refractivity contribution in [2.24, 2.45) is 0 Å². The van der Waals surface area contributed by atoms with Crippen molar-refractivity contribution in [3.8, 4) is 5.69 Å². The van der Waals surface area contributed by atoms with Crippen molar-refractivity contribution in [2.75, 3.05) is 0 Å². The second kappa shape index (κ2) is 7.47.